The summed E-state index contributed by atoms with van der Waals surface area (Å²) in [5.74, 6) is -1.72. The van der Waals surface area contributed by atoms with Crippen LogP contribution in [0.5, 0.6) is 0 Å². The molecule has 2 aromatic rings. The van der Waals surface area contributed by atoms with Crippen LogP contribution in [0.4, 0.5) is 0 Å². The number of nitrogens with zero attached hydrogens (tertiary/aromatic N) is 4. The number of aliphatic hydroxyl groups excluding tert-OH is 1. The van der Waals surface area contributed by atoms with Gasteiger partial charge in [-0.1, -0.05) is 30.3 Å². The first-order valence-electron chi connectivity index (χ1n) is 12.4. The van der Waals surface area contributed by atoms with Crippen LogP contribution in [0.25, 0.3) is 0 Å². The third kappa shape index (κ3) is 6.17. The number of nitrogens with one attached hydrogen (secondary N) is 1. The molecule has 1 aromatic carbocycles. The number of piperazine rings is 1. The number of fused-ring (bicyclic) bond motifs is 1. The number of carbonyl (C=O) groups excluding carboxylic acids is 4. The number of guanidine groups is 1. The number of aromatic nitrogens is 1. The van der Waals surface area contributed by atoms with Gasteiger partial charge in [0.25, 0.3) is 5.91 Å². The first-order valence-corrected chi connectivity index (χ1v) is 13.3. The number of ketones is 1. The van der Waals surface area contributed by atoms with Gasteiger partial charge in [0.1, 0.15) is 6.04 Å². The van der Waals surface area contributed by atoms with Crippen molar-refractivity contribution in [2.45, 2.75) is 49.9 Å². The van der Waals surface area contributed by atoms with Crippen molar-refractivity contribution in [2.24, 2.45) is 16.5 Å². The highest BCUT2D eigenvalue weighted by molar-refractivity contribution is 7.11. The zero-order valence-corrected chi connectivity index (χ0v) is 21.5. The van der Waals surface area contributed by atoms with E-state index in [1.54, 1.807) is 35.7 Å². The van der Waals surface area contributed by atoms with Gasteiger partial charge >= 0.3 is 0 Å². The number of benzene rings is 1. The Kier molecular flexibility index (Phi) is 8.69. The Morgan fingerprint density at radius 1 is 1.21 bits per heavy atom. The number of hydrogen-bond donors (Lipinski definition) is 4. The number of rotatable bonds is 10. The minimum atomic E-state index is -1.37. The van der Waals surface area contributed by atoms with Gasteiger partial charge in [0.05, 0.1) is 18.6 Å². The molecular formula is C25H31N7O5S. The summed E-state index contributed by atoms with van der Waals surface area (Å²) in [4.78, 5) is 63.2. The van der Waals surface area contributed by atoms with E-state index < -0.39 is 30.0 Å². The second-order valence-electron chi connectivity index (χ2n) is 9.29. The lowest BCUT2D eigenvalue weighted by Crippen LogP contribution is -2.61. The normalized spacial score (nSPS) is 20.4. The Balaban J connectivity index is 1.41. The van der Waals surface area contributed by atoms with Crippen molar-refractivity contribution in [3.8, 4) is 0 Å². The predicted molar refractivity (Wildman–Crippen MR) is 140 cm³/mol. The van der Waals surface area contributed by atoms with Gasteiger partial charge < -0.3 is 31.7 Å². The summed E-state index contributed by atoms with van der Waals surface area (Å²) in [6.07, 6.45) is 1.82. The Labute approximate surface area is 223 Å². The molecule has 12 nitrogen and oxygen atoms in total. The number of thiazole rings is 1. The van der Waals surface area contributed by atoms with Crippen molar-refractivity contribution in [2.75, 3.05) is 19.6 Å². The molecule has 2 aliphatic heterocycles. The first kappa shape index (κ1) is 27.2. The fourth-order valence-corrected chi connectivity index (χ4v) is 5.54. The van der Waals surface area contributed by atoms with Crippen LogP contribution in [-0.2, 0) is 14.4 Å². The van der Waals surface area contributed by atoms with Crippen molar-refractivity contribution in [1.82, 2.24) is 20.1 Å². The number of carbonyl (C=O) groups is 4. The largest absolute Gasteiger partial charge is 0.378 e. The van der Waals surface area contributed by atoms with E-state index in [9.17, 15) is 24.3 Å². The van der Waals surface area contributed by atoms with Crippen LogP contribution < -0.4 is 16.8 Å². The van der Waals surface area contributed by atoms with Gasteiger partial charge in [-0.25, -0.2) is 4.98 Å². The molecule has 2 fully saturated rings. The molecule has 4 rings (SSSR count). The van der Waals surface area contributed by atoms with Gasteiger partial charge in [0, 0.05) is 24.7 Å². The number of aliphatic hydroxyl groups is 1. The van der Waals surface area contributed by atoms with E-state index in [0.29, 0.717) is 37.8 Å². The maximum Gasteiger partial charge on any atom is 0.256 e. The summed E-state index contributed by atoms with van der Waals surface area (Å²) in [7, 11) is 0. The predicted octanol–water partition coefficient (Wildman–Crippen LogP) is -0.200. The average molecular weight is 542 g/mol. The number of Topliss-reactive ketones (excluding diaryl/α,β-unsaturated/α-hetero) is 1. The highest BCUT2D eigenvalue weighted by atomic mass is 32.1. The van der Waals surface area contributed by atoms with Crippen LogP contribution in [0.1, 0.15) is 47.2 Å². The molecule has 2 aliphatic rings. The SMILES string of the molecule is NC(N)=NCCCC(NC(=O)C1CC[C@H]2CN(C(=O)[C@@H](O)c3ccccc3)CC(=O)N12)C(=O)c1nccs1. The third-order valence-electron chi connectivity index (χ3n) is 6.73. The van der Waals surface area contributed by atoms with Crippen LogP contribution in [0.2, 0.25) is 0 Å². The number of amides is 3. The maximum absolute atomic E-state index is 13.3. The number of aliphatic imine (C=N–C) groups is 1. The van der Waals surface area contributed by atoms with Crippen molar-refractivity contribution >= 4 is 40.8 Å². The molecule has 1 aromatic heterocycles. The molecule has 0 radical (unpaired) electrons. The lowest BCUT2D eigenvalue weighted by atomic mass is 10.1. The van der Waals surface area contributed by atoms with Crippen molar-refractivity contribution < 1.29 is 24.3 Å². The molecule has 0 spiro atoms. The van der Waals surface area contributed by atoms with Gasteiger partial charge in [0.15, 0.2) is 17.1 Å². The monoisotopic (exact) mass is 541 g/mol. The van der Waals surface area contributed by atoms with Crippen LogP contribution in [-0.4, -0.2) is 87.1 Å². The van der Waals surface area contributed by atoms with Gasteiger partial charge in [0.2, 0.25) is 17.6 Å². The topological polar surface area (TPSA) is 184 Å². The minimum Gasteiger partial charge on any atom is -0.378 e. The standard InChI is InChI=1S/C25H31N7O5S/c26-25(27)29-10-4-7-17(21(35)23-28-11-12-38-23)30-22(36)18-9-8-16-13-31(14-19(33)32(16)18)24(37)20(34)15-5-2-1-3-6-15/h1-3,5-6,11-12,16-18,20,34H,4,7-10,13-14H2,(H,30,36)(H4,26,27,29)/t16-,17?,18?,20-/m0/s1. The Morgan fingerprint density at radius 3 is 2.66 bits per heavy atom. The zero-order chi connectivity index (χ0) is 27.2. The summed E-state index contributed by atoms with van der Waals surface area (Å²) < 4.78 is 0. The van der Waals surface area contributed by atoms with Gasteiger partial charge in [-0.3, -0.25) is 24.2 Å². The molecule has 4 atom stereocenters. The molecular weight excluding hydrogens is 510 g/mol. The molecule has 0 saturated carbocycles. The highest BCUT2D eigenvalue weighted by Gasteiger charge is 2.46. The van der Waals surface area contributed by atoms with E-state index in [2.05, 4.69) is 15.3 Å². The Bertz CT molecular complexity index is 1190. The maximum atomic E-state index is 13.3. The Morgan fingerprint density at radius 2 is 1.97 bits per heavy atom. The first-order chi connectivity index (χ1) is 18.3. The highest BCUT2D eigenvalue weighted by Crippen LogP contribution is 2.30. The van der Waals surface area contributed by atoms with E-state index in [-0.39, 0.29) is 41.8 Å². The van der Waals surface area contributed by atoms with Crippen molar-refractivity contribution in [1.29, 1.82) is 0 Å². The summed E-state index contributed by atoms with van der Waals surface area (Å²) in [5.41, 5.74) is 11.2. The van der Waals surface area contributed by atoms with Crippen molar-refractivity contribution in [3.05, 3.63) is 52.5 Å². The molecule has 3 heterocycles. The summed E-state index contributed by atoms with van der Waals surface area (Å²) in [5, 5.41) is 15.3. The van der Waals surface area contributed by atoms with Crippen LogP contribution in [0.3, 0.4) is 0 Å². The second kappa shape index (κ2) is 12.1. The fraction of sp³-hybridized carbons (Fsp3) is 0.440. The molecule has 13 heteroatoms. The molecule has 38 heavy (non-hydrogen) atoms. The number of hydrogen-bond acceptors (Lipinski definition) is 8. The van der Waals surface area contributed by atoms with Gasteiger partial charge in [-0.15, -0.1) is 11.3 Å². The lowest BCUT2D eigenvalue weighted by molar-refractivity contribution is -0.155. The minimum absolute atomic E-state index is 0.0544. The second-order valence-corrected chi connectivity index (χ2v) is 10.2. The van der Waals surface area contributed by atoms with Crippen LogP contribution in [0.15, 0.2) is 46.9 Å². The average Bonchev–Trinajstić information content (AvgIpc) is 3.60. The molecule has 6 N–H and O–H groups in total. The van der Waals surface area contributed by atoms with E-state index >= 15 is 0 Å². The Hall–Kier alpha value is -3.84. The summed E-state index contributed by atoms with van der Waals surface area (Å²) >= 11 is 1.18. The molecule has 2 saturated heterocycles. The zero-order valence-electron chi connectivity index (χ0n) is 20.7. The summed E-state index contributed by atoms with van der Waals surface area (Å²) in [6, 6.07) is 6.58. The quantitative estimate of drug-likeness (QED) is 0.138. The number of nitrogens with two attached hydrogens (primary N) is 2. The van der Waals surface area contributed by atoms with E-state index in [1.165, 1.54) is 27.3 Å². The van der Waals surface area contributed by atoms with Crippen LogP contribution in [0, 0.1) is 0 Å². The molecule has 202 valence electrons. The third-order valence-corrected chi connectivity index (χ3v) is 7.52. The summed E-state index contributed by atoms with van der Waals surface area (Å²) in [6.45, 7) is 0.288. The van der Waals surface area contributed by atoms with Gasteiger partial charge in [-0.05, 0) is 31.2 Å². The molecule has 0 bridgehead atoms. The molecule has 0 aliphatic carbocycles. The van der Waals surface area contributed by atoms with Crippen LogP contribution >= 0.6 is 11.3 Å². The van der Waals surface area contributed by atoms with E-state index in [4.69, 9.17) is 11.5 Å². The molecule has 3 amide bonds. The molecule has 2 unspecified atom stereocenters. The lowest BCUT2D eigenvalue weighted by Gasteiger charge is -2.40. The fourth-order valence-electron chi connectivity index (χ4n) is 4.91. The van der Waals surface area contributed by atoms with E-state index in [1.807, 2.05) is 0 Å². The smallest absolute Gasteiger partial charge is 0.256 e. The van der Waals surface area contributed by atoms with Gasteiger partial charge in [-0.2, -0.15) is 0 Å². The van der Waals surface area contributed by atoms with E-state index in [0.717, 1.165) is 0 Å². The van der Waals surface area contributed by atoms with Crippen molar-refractivity contribution in [3.63, 3.8) is 0 Å².